The summed E-state index contributed by atoms with van der Waals surface area (Å²) in [6, 6.07) is 32.7. The van der Waals surface area contributed by atoms with Crippen LogP contribution in [0.3, 0.4) is 0 Å². The molecule has 0 fully saturated rings. The van der Waals surface area contributed by atoms with E-state index in [9.17, 15) is 0 Å². The first-order valence-corrected chi connectivity index (χ1v) is 12.7. The van der Waals surface area contributed by atoms with Gasteiger partial charge in [-0.3, -0.25) is 4.57 Å². The lowest BCUT2D eigenvalue weighted by atomic mass is 9.86. The fourth-order valence-corrected chi connectivity index (χ4v) is 4.91. The van der Waals surface area contributed by atoms with E-state index in [1.165, 1.54) is 38.8 Å². The van der Waals surface area contributed by atoms with Gasteiger partial charge in [-0.1, -0.05) is 113 Å². The van der Waals surface area contributed by atoms with Crippen LogP contribution < -0.4 is 0 Å². The zero-order valence-electron chi connectivity index (χ0n) is 21.4. The summed E-state index contributed by atoms with van der Waals surface area (Å²) in [5.41, 5.74) is 7.47. The Balaban J connectivity index is 1.76. The zero-order chi connectivity index (χ0) is 24.6. The van der Waals surface area contributed by atoms with Crippen molar-refractivity contribution in [1.82, 2.24) is 9.55 Å². The quantitative estimate of drug-likeness (QED) is 0.248. The highest BCUT2D eigenvalue weighted by molar-refractivity contribution is 5.96. The van der Waals surface area contributed by atoms with E-state index in [2.05, 4.69) is 136 Å². The predicted molar refractivity (Wildman–Crippen MR) is 149 cm³/mol. The highest BCUT2D eigenvalue weighted by atomic mass is 15.1. The second-order valence-electron chi connectivity index (χ2n) is 10.4. The molecule has 4 aromatic carbocycles. The van der Waals surface area contributed by atoms with Crippen molar-refractivity contribution in [3.05, 3.63) is 108 Å². The average molecular weight is 459 g/mol. The van der Waals surface area contributed by atoms with Gasteiger partial charge in [0, 0.05) is 22.9 Å². The second kappa shape index (κ2) is 9.19. The van der Waals surface area contributed by atoms with Crippen LogP contribution in [-0.4, -0.2) is 9.55 Å². The molecule has 5 aromatic rings. The highest BCUT2D eigenvalue weighted by Crippen LogP contribution is 2.38. The third-order valence-electron chi connectivity index (χ3n) is 7.36. The molecule has 176 valence electrons. The van der Waals surface area contributed by atoms with E-state index in [0.717, 1.165) is 17.8 Å². The van der Waals surface area contributed by atoms with Gasteiger partial charge in [0.1, 0.15) is 5.82 Å². The molecule has 0 aliphatic heterocycles. The number of imidazole rings is 1. The van der Waals surface area contributed by atoms with Crippen LogP contribution in [0.25, 0.3) is 39.0 Å². The van der Waals surface area contributed by atoms with Crippen LogP contribution in [0.4, 0.5) is 0 Å². The van der Waals surface area contributed by atoms with Crippen LogP contribution in [0, 0.1) is 0 Å². The van der Waals surface area contributed by atoms with Crippen LogP contribution in [0.1, 0.15) is 58.2 Å². The zero-order valence-corrected chi connectivity index (χ0v) is 21.4. The summed E-state index contributed by atoms with van der Waals surface area (Å²) in [6.45, 7) is 11.5. The Morgan fingerprint density at radius 1 is 0.800 bits per heavy atom. The first-order chi connectivity index (χ1) is 16.9. The SMILES string of the molecule is CCC(C)(C)c1cnc(-c2ccccc2)n1-c1ccc(-c2cccc3ccccc23)cc1C(C)C. The Morgan fingerprint density at radius 3 is 2.26 bits per heavy atom. The van der Waals surface area contributed by atoms with E-state index in [1.807, 2.05) is 0 Å². The lowest BCUT2D eigenvalue weighted by Gasteiger charge is -2.27. The molecule has 35 heavy (non-hydrogen) atoms. The summed E-state index contributed by atoms with van der Waals surface area (Å²) >= 11 is 0. The van der Waals surface area contributed by atoms with Crippen LogP contribution in [0.5, 0.6) is 0 Å². The topological polar surface area (TPSA) is 17.8 Å². The number of aromatic nitrogens is 2. The standard InChI is InChI=1S/C33H34N2/c1-6-33(4,5)31-22-34-32(25-14-8-7-9-15-25)35(31)30-20-19-26(21-29(30)23(2)3)28-18-12-16-24-13-10-11-17-27(24)28/h7-23H,6H2,1-5H3. The van der Waals surface area contributed by atoms with Gasteiger partial charge in [0.05, 0.1) is 5.69 Å². The average Bonchev–Trinajstić information content (AvgIpc) is 3.34. The molecule has 0 saturated carbocycles. The van der Waals surface area contributed by atoms with Crippen molar-refractivity contribution in [3.8, 4) is 28.2 Å². The first kappa shape index (κ1) is 23.1. The smallest absolute Gasteiger partial charge is 0.144 e. The van der Waals surface area contributed by atoms with Gasteiger partial charge in [-0.05, 0) is 51.9 Å². The minimum absolute atomic E-state index is 0.00256. The molecule has 0 radical (unpaired) electrons. The molecule has 0 N–H and O–H groups in total. The Kier molecular flexibility index (Phi) is 6.06. The lowest BCUT2D eigenvalue weighted by molar-refractivity contribution is 0.482. The molecule has 0 amide bonds. The maximum absolute atomic E-state index is 4.96. The molecule has 1 heterocycles. The molecule has 2 heteroatoms. The maximum Gasteiger partial charge on any atom is 0.144 e. The summed E-state index contributed by atoms with van der Waals surface area (Å²) in [5, 5.41) is 2.56. The second-order valence-corrected chi connectivity index (χ2v) is 10.4. The fraction of sp³-hybridized carbons (Fsp3) is 0.242. The first-order valence-electron chi connectivity index (χ1n) is 12.7. The number of benzene rings is 4. The summed E-state index contributed by atoms with van der Waals surface area (Å²) in [6.07, 6.45) is 3.12. The molecule has 0 unspecified atom stereocenters. The highest BCUT2D eigenvalue weighted by Gasteiger charge is 2.27. The van der Waals surface area contributed by atoms with Gasteiger partial charge in [0.25, 0.3) is 0 Å². The number of hydrogen-bond acceptors (Lipinski definition) is 1. The third-order valence-corrected chi connectivity index (χ3v) is 7.36. The number of hydrogen-bond donors (Lipinski definition) is 0. The normalized spacial score (nSPS) is 11.9. The molecular weight excluding hydrogens is 424 g/mol. The fourth-order valence-electron chi connectivity index (χ4n) is 4.91. The number of rotatable bonds is 6. The van der Waals surface area contributed by atoms with Gasteiger partial charge in [0.2, 0.25) is 0 Å². The number of fused-ring (bicyclic) bond motifs is 1. The summed E-state index contributed by atoms with van der Waals surface area (Å²) in [4.78, 5) is 4.96. The molecule has 2 nitrogen and oxygen atoms in total. The van der Waals surface area contributed by atoms with Crippen LogP contribution >= 0.6 is 0 Å². The Bertz CT molecular complexity index is 1470. The molecule has 5 rings (SSSR count). The van der Waals surface area contributed by atoms with Crippen molar-refractivity contribution in [2.75, 3.05) is 0 Å². The van der Waals surface area contributed by atoms with Crippen LogP contribution in [0.15, 0.2) is 97.2 Å². The van der Waals surface area contributed by atoms with Crippen molar-refractivity contribution in [2.45, 2.75) is 52.4 Å². The monoisotopic (exact) mass is 458 g/mol. The van der Waals surface area contributed by atoms with E-state index in [4.69, 9.17) is 4.98 Å². The molecular formula is C33H34N2. The largest absolute Gasteiger partial charge is 0.296 e. The number of nitrogens with zero attached hydrogens (tertiary/aromatic N) is 2. The van der Waals surface area contributed by atoms with Crippen LogP contribution in [-0.2, 0) is 5.41 Å². The minimum Gasteiger partial charge on any atom is -0.296 e. The molecule has 0 aliphatic rings. The van der Waals surface area contributed by atoms with E-state index < -0.39 is 0 Å². The van der Waals surface area contributed by atoms with Gasteiger partial charge in [-0.15, -0.1) is 0 Å². The molecule has 1 aromatic heterocycles. The Morgan fingerprint density at radius 2 is 1.51 bits per heavy atom. The van der Waals surface area contributed by atoms with Crippen molar-refractivity contribution < 1.29 is 0 Å². The summed E-state index contributed by atoms with van der Waals surface area (Å²) < 4.78 is 2.40. The van der Waals surface area contributed by atoms with E-state index >= 15 is 0 Å². The van der Waals surface area contributed by atoms with Gasteiger partial charge in [-0.25, -0.2) is 4.98 Å². The van der Waals surface area contributed by atoms with E-state index in [0.29, 0.717) is 5.92 Å². The molecule has 0 saturated heterocycles. The van der Waals surface area contributed by atoms with Crippen molar-refractivity contribution in [2.24, 2.45) is 0 Å². The third kappa shape index (κ3) is 4.18. The maximum atomic E-state index is 4.96. The summed E-state index contributed by atoms with van der Waals surface area (Å²) in [5.74, 6) is 1.37. The van der Waals surface area contributed by atoms with Gasteiger partial charge < -0.3 is 0 Å². The Hall–Kier alpha value is -3.65. The molecule has 0 aliphatic carbocycles. The summed E-state index contributed by atoms with van der Waals surface area (Å²) in [7, 11) is 0. The lowest BCUT2D eigenvalue weighted by Crippen LogP contribution is -2.21. The van der Waals surface area contributed by atoms with Gasteiger partial charge in [-0.2, -0.15) is 0 Å². The van der Waals surface area contributed by atoms with Crippen molar-refractivity contribution in [3.63, 3.8) is 0 Å². The predicted octanol–water partition coefficient (Wildman–Crippen LogP) is 9.17. The van der Waals surface area contributed by atoms with Crippen LogP contribution in [0.2, 0.25) is 0 Å². The van der Waals surface area contributed by atoms with E-state index in [1.54, 1.807) is 0 Å². The molecule has 0 atom stereocenters. The van der Waals surface area contributed by atoms with Gasteiger partial charge >= 0.3 is 0 Å². The van der Waals surface area contributed by atoms with Gasteiger partial charge in [0.15, 0.2) is 0 Å². The molecule has 0 bridgehead atoms. The molecule has 0 spiro atoms. The Labute approximate surface area is 209 Å². The van der Waals surface area contributed by atoms with Crippen molar-refractivity contribution in [1.29, 1.82) is 0 Å². The van der Waals surface area contributed by atoms with Crippen molar-refractivity contribution >= 4 is 10.8 Å². The van der Waals surface area contributed by atoms with E-state index in [-0.39, 0.29) is 5.41 Å². The minimum atomic E-state index is 0.00256.